The summed E-state index contributed by atoms with van der Waals surface area (Å²) in [5.41, 5.74) is 1.45. The maximum Gasteiger partial charge on any atom is 0.255 e. The smallest absolute Gasteiger partial charge is 0.255 e. The summed E-state index contributed by atoms with van der Waals surface area (Å²) < 4.78 is 10.4. The fourth-order valence-electron chi connectivity index (χ4n) is 2.22. The van der Waals surface area contributed by atoms with Crippen molar-refractivity contribution in [3.05, 3.63) is 53.6 Å². The Labute approximate surface area is 147 Å². The number of nitrogens with one attached hydrogen (secondary N) is 2. The normalized spacial score (nSPS) is 10.3. The SMILES string of the molecule is COc1ccc(OC)c(NC(=O)c2ccc(C(=O)NC(C)C)cc2)c1. The van der Waals surface area contributed by atoms with Gasteiger partial charge in [0.1, 0.15) is 11.5 Å². The molecule has 2 amide bonds. The zero-order valence-electron chi connectivity index (χ0n) is 14.8. The second-order valence-corrected chi connectivity index (χ2v) is 5.73. The second-order valence-electron chi connectivity index (χ2n) is 5.73. The highest BCUT2D eigenvalue weighted by Gasteiger charge is 2.12. The molecule has 0 aliphatic rings. The fraction of sp³-hybridized carbons (Fsp3) is 0.263. The van der Waals surface area contributed by atoms with E-state index < -0.39 is 0 Å². The van der Waals surface area contributed by atoms with Crippen molar-refractivity contribution in [3.8, 4) is 11.5 Å². The Hall–Kier alpha value is -3.02. The van der Waals surface area contributed by atoms with Crippen molar-refractivity contribution in [2.75, 3.05) is 19.5 Å². The lowest BCUT2D eigenvalue weighted by Crippen LogP contribution is -2.30. The molecule has 0 saturated carbocycles. The Morgan fingerprint density at radius 2 is 1.48 bits per heavy atom. The van der Waals surface area contributed by atoms with Crippen molar-refractivity contribution < 1.29 is 19.1 Å². The first-order valence-corrected chi connectivity index (χ1v) is 7.89. The molecule has 0 fully saturated rings. The molecule has 6 heteroatoms. The molecule has 0 saturated heterocycles. The van der Waals surface area contributed by atoms with Crippen molar-refractivity contribution in [2.24, 2.45) is 0 Å². The van der Waals surface area contributed by atoms with Crippen LogP contribution in [0.25, 0.3) is 0 Å². The Balaban J connectivity index is 2.15. The molecule has 0 aliphatic carbocycles. The van der Waals surface area contributed by atoms with Crippen molar-refractivity contribution in [1.82, 2.24) is 5.32 Å². The van der Waals surface area contributed by atoms with E-state index in [0.717, 1.165) is 0 Å². The molecule has 2 N–H and O–H groups in total. The van der Waals surface area contributed by atoms with Crippen LogP contribution in [0.4, 0.5) is 5.69 Å². The van der Waals surface area contributed by atoms with Crippen LogP contribution in [0.5, 0.6) is 11.5 Å². The molecule has 0 bridgehead atoms. The van der Waals surface area contributed by atoms with Crippen LogP contribution in [0.3, 0.4) is 0 Å². The van der Waals surface area contributed by atoms with E-state index in [4.69, 9.17) is 9.47 Å². The molecule has 0 heterocycles. The number of ether oxygens (including phenoxy) is 2. The number of rotatable bonds is 6. The van der Waals surface area contributed by atoms with Crippen molar-refractivity contribution in [3.63, 3.8) is 0 Å². The molecule has 25 heavy (non-hydrogen) atoms. The third kappa shape index (κ3) is 4.73. The van der Waals surface area contributed by atoms with Crippen LogP contribution in [0.15, 0.2) is 42.5 Å². The molecule has 0 spiro atoms. The summed E-state index contributed by atoms with van der Waals surface area (Å²) in [6.07, 6.45) is 0. The summed E-state index contributed by atoms with van der Waals surface area (Å²) in [6.45, 7) is 3.78. The molecule has 0 atom stereocenters. The maximum atomic E-state index is 12.4. The van der Waals surface area contributed by atoms with Crippen LogP contribution in [0.1, 0.15) is 34.6 Å². The Morgan fingerprint density at radius 1 is 0.880 bits per heavy atom. The van der Waals surface area contributed by atoms with Crippen LogP contribution in [0.2, 0.25) is 0 Å². The number of hydrogen-bond acceptors (Lipinski definition) is 4. The summed E-state index contributed by atoms with van der Waals surface area (Å²) in [5, 5.41) is 5.59. The molecule has 2 rings (SSSR count). The summed E-state index contributed by atoms with van der Waals surface area (Å²) in [5.74, 6) is 0.665. The highest BCUT2D eigenvalue weighted by molar-refractivity contribution is 6.05. The molecule has 2 aromatic rings. The Bertz CT molecular complexity index is 755. The molecule has 6 nitrogen and oxygen atoms in total. The topological polar surface area (TPSA) is 76.7 Å². The predicted molar refractivity (Wildman–Crippen MR) is 96.5 cm³/mol. The number of hydrogen-bond donors (Lipinski definition) is 2. The number of carbonyl (C=O) groups excluding carboxylic acids is 2. The molecule has 0 radical (unpaired) electrons. The van der Waals surface area contributed by atoms with Gasteiger partial charge in [-0.15, -0.1) is 0 Å². The lowest BCUT2D eigenvalue weighted by Gasteiger charge is -2.12. The van der Waals surface area contributed by atoms with E-state index in [1.165, 1.54) is 7.11 Å². The summed E-state index contributed by atoms with van der Waals surface area (Å²) in [4.78, 5) is 24.4. The lowest BCUT2D eigenvalue weighted by molar-refractivity contribution is 0.0941. The van der Waals surface area contributed by atoms with Crippen LogP contribution in [0, 0.1) is 0 Å². The first-order valence-electron chi connectivity index (χ1n) is 7.89. The quantitative estimate of drug-likeness (QED) is 0.846. The standard InChI is InChI=1S/C19H22N2O4/c1-12(2)20-18(22)13-5-7-14(8-6-13)19(23)21-16-11-15(24-3)9-10-17(16)25-4/h5-12H,1-4H3,(H,20,22)(H,21,23). The third-order valence-corrected chi connectivity index (χ3v) is 3.48. The van der Waals surface area contributed by atoms with Gasteiger partial charge in [0.25, 0.3) is 11.8 Å². The highest BCUT2D eigenvalue weighted by atomic mass is 16.5. The van der Waals surface area contributed by atoms with Crippen LogP contribution < -0.4 is 20.1 Å². The lowest BCUT2D eigenvalue weighted by atomic mass is 10.1. The zero-order valence-corrected chi connectivity index (χ0v) is 14.8. The average Bonchev–Trinajstić information content (AvgIpc) is 2.61. The minimum Gasteiger partial charge on any atom is -0.497 e. The maximum absolute atomic E-state index is 12.4. The van der Waals surface area contributed by atoms with Gasteiger partial charge in [0, 0.05) is 23.2 Å². The van der Waals surface area contributed by atoms with E-state index >= 15 is 0 Å². The number of carbonyl (C=O) groups is 2. The second kappa shape index (κ2) is 8.19. The van der Waals surface area contributed by atoms with Crippen molar-refractivity contribution >= 4 is 17.5 Å². The van der Waals surface area contributed by atoms with Gasteiger partial charge in [0.15, 0.2) is 0 Å². The first kappa shape index (κ1) is 18.3. The van der Waals surface area contributed by atoms with E-state index in [0.29, 0.717) is 28.3 Å². The first-order chi connectivity index (χ1) is 11.9. The van der Waals surface area contributed by atoms with Gasteiger partial charge >= 0.3 is 0 Å². The monoisotopic (exact) mass is 342 g/mol. The highest BCUT2D eigenvalue weighted by Crippen LogP contribution is 2.29. The van der Waals surface area contributed by atoms with Crippen LogP contribution in [-0.2, 0) is 0 Å². The van der Waals surface area contributed by atoms with E-state index in [2.05, 4.69) is 10.6 Å². The minimum atomic E-state index is -0.303. The van der Waals surface area contributed by atoms with E-state index in [1.54, 1.807) is 49.6 Å². The van der Waals surface area contributed by atoms with E-state index in [-0.39, 0.29) is 17.9 Å². The summed E-state index contributed by atoms with van der Waals surface area (Å²) in [6, 6.07) is 11.7. The van der Waals surface area contributed by atoms with Gasteiger partial charge in [-0.25, -0.2) is 0 Å². The van der Waals surface area contributed by atoms with Gasteiger partial charge in [0.05, 0.1) is 19.9 Å². The number of benzene rings is 2. The number of anilines is 1. The summed E-state index contributed by atoms with van der Waals surface area (Å²) >= 11 is 0. The van der Waals surface area contributed by atoms with Gasteiger partial charge in [-0.3, -0.25) is 9.59 Å². The van der Waals surface area contributed by atoms with Crippen molar-refractivity contribution in [1.29, 1.82) is 0 Å². The van der Waals surface area contributed by atoms with Gasteiger partial charge in [-0.05, 0) is 50.2 Å². The van der Waals surface area contributed by atoms with Gasteiger partial charge in [-0.2, -0.15) is 0 Å². The number of amides is 2. The molecule has 0 aromatic heterocycles. The van der Waals surface area contributed by atoms with Gasteiger partial charge in [-0.1, -0.05) is 0 Å². The molecule has 0 aliphatic heterocycles. The van der Waals surface area contributed by atoms with Crippen molar-refractivity contribution in [2.45, 2.75) is 19.9 Å². The van der Waals surface area contributed by atoms with Gasteiger partial charge in [0.2, 0.25) is 0 Å². The fourth-order valence-corrected chi connectivity index (χ4v) is 2.22. The largest absolute Gasteiger partial charge is 0.497 e. The third-order valence-electron chi connectivity index (χ3n) is 3.48. The predicted octanol–water partition coefficient (Wildman–Crippen LogP) is 3.09. The Morgan fingerprint density at radius 3 is 2.00 bits per heavy atom. The Kier molecular flexibility index (Phi) is 6.00. The average molecular weight is 342 g/mol. The number of methoxy groups -OCH3 is 2. The zero-order chi connectivity index (χ0) is 18.4. The van der Waals surface area contributed by atoms with Crippen LogP contribution in [-0.4, -0.2) is 32.1 Å². The molecule has 132 valence electrons. The summed E-state index contributed by atoms with van der Waals surface area (Å²) in [7, 11) is 3.08. The molecular formula is C19H22N2O4. The van der Waals surface area contributed by atoms with Gasteiger partial charge < -0.3 is 20.1 Å². The minimum absolute atomic E-state index is 0.0519. The van der Waals surface area contributed by atoms with E-state index in [9.17, 15) is 9.59 Å². The molecule has 0 unspecified atom stereocenters. The van der Waals surface area contributed by atoms with Crippen LogP contribution >= 0.6 is 0 Å². The molecular weight excluding hydrogens is 320 g/mol. The van der Waals surface area contributed by atoms with E-state index in [1.807, 2.05) is 13.8 Å². The molecule has 2 aromatic carbocycles.